The Labute approximate surface area is 104 Å². The van der Waals surface area contributed by atoms with Gasteiger partial charge >= 0.3 is 0 Å². The first-order chi connectivity index (χ1) is 8.27. The first kappa shape index (κ1) is 13.9. The minimum atomic E-state index is 0.723. The summed E-state index contributed by atoms with van der Waals surface area (Å²) in [4.78, 5) is 6.48. The predicted octanol–water partition coefficient (Wildman–Crippen LogP) is 1.65. The molecule has 0 aromatic carbocycles. The highest BCUT2D eigenvalue weighted by atomic mass is 16.5. The van der Waals surface area contributed by atoms with Gasteiger partial charge in [0.25, 0.3) is 0 Å². The third-order valence-corrected chi connectivity index (χ3v) is 2.73. The molecule has 1 aromatic heterocycles. The van der Waals surface area contributed by atoms with E-state index < -0.39 is 0 Å². The fourth-order valence-corrected chi connectivity index (χ4v) is 1.80. The molecule has 1 rings (SSSR count). The molecule has 0 unspecified atom stereocenters. The number of hydrogen-bond donors (Lipinski definition) is 1. The smallest absolute Gasteiger partial charge is 0.217 e. The van der Waals surface area contributed by atoms with E-state index in [2.05, 4.69) is 23.0 Å². The van der Waals surface area contributed by atoms with E-state index in [0.29, 0.717) is 0 Å². The maximum absolute atomic E-state index is 5.47. The molecule has 0 bridgehead atoms. The highest BCUT2D eigenvalue weighted by Crippen LogP contribution is 2.15. The number of aromatic nitrogens is 1. The first-order valence-electron chi connectivity index (χ1n) is 6.14. The van der Waals surface area contributed by atoms with Gasteiger partial charge in [0, 0.05) is 18.3 Å². The van der Waals surface area contributed by atoms with Gasteiger partial charge < -0.3 is 15.4 Å². The average molecular weight is 237 g/mol. The van der Waals surface area contributed by atoms with Crippen molar-refractivity contribution in [3.8, 4) is 5.88 Å². The van der Waals surface area contributed by atoms with Gasteiger partial charge in [-0.15, -0.1) is 0 Å². The van der Waals surface area contributed by atoms with Crippen molar-refractivity contribution >= 4 is 0 Å². The number of unbranched alkanes of at least 4 members (excludes halogenated alkanes) is 2. The maximum Gasteiger partial charge on any atom is 0.217 e. The van der Waals surface area contributed by atoms with Crippen LogP contribution in [-0.2, 0) is 6.54 Å². The SMILES string of the molecule is COc1ncccc1CN(C)CCCCCN. The second-order valence-electron chi connectivity index (χ2n) is 4.26. The normalized spacial score (nSPS) is 10.8. The molecule has 0 atom stereocenters. The standard InChI is InChI=1S/C13H23N3O/c1-16(10-5-3-4-8-14)11-12-7-6-9-15-13(12)17-2/h6-7,9H,3-5,8,10-11,14H2,1-2H3. The summed E-state index contributed by atoms with van der Waals surface area (Å²) in [6.07, 6.45) is 5.26. The molecule has 17 heavy (non-hydrogen) atoms. The summed E-state index contributed by atoms with van der Waals surface area (Å²) in [6.45, 7) is 2.75. The van der Waals surface area contributed by atoms with Crippen LogP contribution in [0.3, 0.4) is 0 Å². The van der Waals surface area contributed by atoms with Gasteiger partial charge in [0.2, 0.25) is 5.88 Å². The molecule has 4 nitrogen and oxygen atoms in total. The first-order valence-corrected chi connectivity index (χ1v) is 6.14. The van der Waals surface area contributed by atoms with Crippen LogP contribution in [0, 0.1) is 0 Å². The summed E-state index contributed by atoms with van der Waals surface area (Å²) in [5.41, 5.74) is 6.60. The Balaban J connectivity index is 2.36. The number of pyridine rings is 1. The molecule has 0 aliphatic rings. The van der Waals surface area contributed by atoms with Crippen molar-refractivity contribution in [3.05, 3.63) is 23.9 Å². The van der Waals surface area contributed by atoms with Crippen molar-refractivity contribution in [2.75, 3.05) is 27.2 Å². The monoisotopic (exact) mass is 237 g/mol. The summed E-state index contributed by atoms with van der Waals surface area (Å²) in [6, 6.07) is 4.00. The van der Waals surface area contributed by atoms with Gasteiger partial charge in [0.05, 0.1) is 7.11 Å². The highest BCUT2D eigenvalue weighted by molar-refractivity contribution is 5.24. The molecule has 0 saturated carbocycles. The van der Waals surface area contributed by atoms with E-state index >= 15 is 0 Å². The Bertz CT molecular complexity index is 317. The Kier molecular flexibility index (Phi) is 6.58. The molecule has 0 spiro atoms. The second kappa shape index (κ2) is 8.03. The molecule has 4 heteroatoms. The van der Waals surface area contributed by atoms with Crippen molar-refractivity contribution in [1.29, 1.82) is 0 Å². The number of ether oxygens (including phenoxy) is 1. The van der Waals surface area contributed by atoms with Crippen LogP contribution in [0.15, 0.2) is 18.3 Å². The number of nitrogens with zero attached hydrogens (tertiary/aromatic N) is 2. The van der Waals surface area contributed by atoms with Crippen molar-refractivity contribution in [1.82, 2.24) is 9.88 Å². The van der Waals surface area contributed by atoms with Gasteiger partial charge in [0.1, 0.15) is 0 Å². The van der Waals surface area contributed by atoms with Gasteiger partial charge in [-0.1, -0.05) is 12.5 Å². The van der Waals surface area contributed by atoms with Crippen LogP contribution in [0.2, 0.25) is 0 Å². The molecule has 2 N–H and O–H groups in total. The third-order valence-electron chi connectivity index (χ3n) is 2.73. The lowest BCUT2D eigenvalue weighted by molar-refractivity contribution is 0.307. The molecule has 0 fully saturated rings. The second-order valence-corrected chi connectivity index (χ2v) is 4.26. The molecule has 1 heterocycles. The van der Waals surface area contributed by atoms with Crippen molar-refractivity contribution in [2.24, 2.45) is 5.73 Å². The summed E-state index contributed by atoms with van der Waals surface area (Å²) in [7, 11) is 3.78. The van der Waals surface area contributed by atoms with E-state index in [1.54, 1.807) is 13.3 Å². The number of hydrogen-bond acceptors (Lipinski definition) is 4. The lowest BCUT2D eigenvalue weighted by atomic mass is 10.2. The Morgan fingerprint density at radius 3 is 2.88 bits per heavy atom. The molecule has 1 aromatic rings. The van der Waals surface area contributed by atoms with Crippen LogP contribution in [0.5, 0.6) is 5.88 Å². The quantitative estimate of drug-likeness (QED) is 0.699. The minimum absolute atomic E-state index is 0.723. The van der Waals surface area contributed by atoms with Crippen molar-refractivity contribution < 1.29 is 4.74 Å². The molecular weight excluding hydrogens is 214 g/mol. The van der Waals surface area contributed by atoms with Crippen LogP contribution < -0.4 is 10.5 Å². The molecule has 96 valence electrons. The van der Waals surface area contributed by atoms with Crippen LogP contribution >= 0.6 is 0 Å². The van der Waals surface area contributed by atoms with Crippen LogP contribution in [0.4, 0.5) is 0 Å². The molecule has 0 saturated heterocycles. The molecule has 0 radical (unpaired) electrons. The summed E-state index contributed by atoms with van der Waals surface area (Å²) >= 11 is 0. The number of nitrogens with two attached hydrogens (primary N) is 1. The zero-order chi connectivity index (χ0) is 12.5. The summed E-state index contributed by atoms with van der Waals surface area (Å²) in [5.74, 6) is 0.723. The predicted molar refractivity (Wildman–Crippen MR) is 70.0 cm³/mol. The minimum Gasteiger partial charge on any atom is -0.481 e. The lowest BCUT2D eigenvalue weighted by Gasteiger charge is -2.17. The maximum atomic E-state index is 5.47. The van der Waals surface area contributed by atoms with Crippen LogP contribution in [0.25, 0.3) is 0 Å². The highest BCUT2D eigenvalue weighted by Gasteiger charge is 2.06. The van der Waals surface area contributed by atoms with E-state index in [0.717, 1.165) is 37.5 Å². The van der Waals surface area contributed by atoms with Gasteiger partial charge in [-0.2, -0.15) is 0 Å². The van der Waals surface area contributed by atoms with Gasteiger partial charge in [-0.3, -0.25) is 0 Å². The summed E-state index contributed by atoms with van der Waals surface area (Å²) < 4.78 is 5.23. The Morgan fingerprint density at radius 2 is 2.18 bits per heavy atom. The zero-order valence-corrected chi connectivity index (χ0v) is 10.9. The summed E-state index contributed by atoms with van der Waals surface area (Å²) in [5, 5.41) is 0. The number of rotatable bonds is 8. The van der Waals surface area contributed by atoms with E-state index in [1.807, 2.05) is 6.07 Å². The average Bonchev–Trinajstić information content (AvgIpc) is 2.35. The molecule has 0 aliphatic carbocycles. The Morgan fingerprint density at radius 1 is 1.35 bits per heavy atom. The van der Waals surface area contributed by atoms with E-state index in [-0.39, 0.29) is 0 Å². The van der Waals surface area contributed by atoms with Gasteiger partial charge in [0.15, 0.2) is 0 Å². The van der Waals surface area contributed by atoms with Crippen molar-refractivity contribution in [2.45, 2.75) is 25.8 Å². The molecular formula is C13H23N3O. The fraction of sp³-hybridized carbons (Fsp3) is 0.615. The van der Waals surface area contributed by atoms with E-state index in [1.165, 1.54) is 12.8 Å². The van der Waals surface area contributed by atoms with Crippen molar-refractivity contribution in [3.63, 3.8) is 0 Å². The van der Waals surface area contributed by atoms with E-state index in [4.69, 9.17) is 10.5 Å². The van der Waals surface area contributed by atoms with Gasteiger partial charge in [-0.05, 0) is 39.0 Å². The van der Waals surface area contributed by atoms with Crippen LogP contribution in [-0.4, -0.2) is 37.1 Å². The Hall–Kier alpha value is -1.13. The topological polar surface area (TPSA) is 51.4 Å². The van der Waals surface area contributed by atoms with Gasteiger partial charge in [-0.25, -0.2) is 4.98 Å². The molecule has 0 aliphatic heterocycles. The van der Waals surface area contributed by atoms with E-state index in [9.17, 15) is 0 Å². The fourth-order valence-electron chi connectivity index (χ4n) is 1.80. The number of methoxy groups -OCH3 is 1. The zero-order valence-electron chi connectivity index (χ0n) is 10.9. The molecule has 0 amide bonds. The largest absolute Gasteiger partial charge is 0.481 e. The third kappa shape index (κ3) is 5.15. The lowest BCUT2D eigenvalue weighted by Crippen LogP contribution is -2.19. The van der Waals surface area contributed by atoms with Crippen LogP contribution in [0.1, 0.15) is 24.8 Å².